The van der Waals surface area contributed by atoms with E-state index in [9.17, 15) is 4.79 Å². The molecule has 0 unspecified atom stereocenters. The van der Waals surface area contributed by atoms with Gasteiger partial charge >= 0.3 is 0 Å². The van der Waals surface area contributed by atoms with Crippen LogP contribution >= 0.6 is 0 Å². The van der Waals surface area contributed by atoms with Crippen LogP contribution in [0.4, 0.5) is 0 Å². The van der Waals surface area contributed by atoms with Crippen LogP contribution in [0.2, 0.25) is 0 Å². The van der Waals surface area contributed by atoms with Gasteiger partial charge in [0.15, 0.2) is 5.76 Å². The second-order valence-corrected chi connectivity index (χ2v) is 4.36. The van der Waals surface area contributed by atoms with Crippen molar-refractivity contribution in [2.75, 3.05) is 7.11 Å². The maximum Gasteiger partial charge on any atom is 0.220 e. The van der Waals surface area contributed by atoms with Crippen molar-refractivity contribution in [1.29, 1.82) is 0 Å². The van der Waals surface area contributed by atoms with Gasteiger partial charge in [-0.25, -0.2) is 0 Å². The van der Waals surface area contributed by atoms with E-state index in [1.807, 2.05) is 31.2 Å². The maximum absolute atomic E-state index is 11.6. The Labute approximate surface area is 113 Å². The first-order valence-electron chi connectivity index (χ1n) is 6.18. The lowest BCUT2D eigenvalue weighted by Crippen LogP contribution is -2.07. The van der Waals surface area contributed by atoms with Crippen LogP contribution in [0, 0.1) is 0 Å². The summed E-state index contributed by atoms with van der Waals surface area (Å²) in [6.45, 7) is 1.90. The number of ether oxygens (including phenoxy) is 1. The van der Waals surface area contributed by atoms with Crippen molar-refractivity contribution in [3.8, 4) is 0 Å². The molecular formula is C17H16O2. The number of carbonyl (C=O) groups is 1. The number of carbonyl (C=O) groups excluding carboxylic acids is 1. The lowest BCUT2D eigenvalue weighted by atomic mass is 9.99. The first-order valence-corrected chi connectivity index (χ1v) is 6.18. The molecule has 2 heteroatoms. The van der Waals surface area contributed by atoms with Crippen molar-refractivity contribution in [2.45, 2.75) is 13.3 Å². The van der Waals surface area contributed by atoms with Gasteiger partial charge in [0.2, 0.25) is 5.78 Å². The predicted molar refractivity (Wildman–Crippen MR) is 75.6 cm³/mol. The standard InChI is InChI=1S/C17H16O2/c1-13-11-16(18)17(19-2)12-15(13)10-6-9-14-7-4-3-5-8-14/h3-8,11-12H,9H2,1-2H3. The van der Waals surface area contributed by atoms with Crippen molar-refractivity contribution in [1.82, 2.24) is 0 Å². The summed E-state index contributed by atoms with van der Waals surface area (Å²) in [5, 5.41) is 0. The highest BCUT2D eigenvalue weighted by Crippen LogP contribution is 2.19. The summed E-state index contributed by atoms with van der Waals surface area (Å²) >= 11 is 0. The van der Waals surface area contributed by atoms with Crippen molar-refractivity contribution >= 4 is 5.78 Å². The molecule has 19 heavy (non-hydrogen) atoms. The summed E-state index contributed by atoms with van der Waals surface area (Å²) in [5.74, 6) is 0.273. The Morgan fingerprint density at radius 1 is 1.21 bits per heavy atom. The Morgan fingerprint density at radius 3 is 2.63 bits per heavy atom. The molecule has 2 rings (SSSR count). The van der Waals surface area contributed by atoms with Crippen LogP contribution < -0.4 is 0 Å². The fourth-order valence-electron chi connectivity index (χ4n) is 1.87. The SMILES string of the molecule is COC1=CC(=C=CCc2ccccc2)C(C)=CC1=O. The quantitative estimate of drug-likeness (QED) is 0.771. The third-order valence-electron chi connectivity index (χ3n) is 2.95. The number of hydrogen-bond acceptors (Lipinski definition) is 2. The molecule has 96 valence electrons. The van der Waals surface area contributed by atoms with E-state index in [2.05, 4.69) is 17.9 Å². The van der Waals surface area contributed by atoms with Crippen LogP contribution in [-0.4, -0.2) is 12.9 Å². The number of rotatable bonds is 3. The fourth-order valence-corrected chi connectivity index (χ4v) is 1.87. The highest BCUT2D eigenvalue weighted by atomic mass is 16.5. The molecule has 1 aromatic rings. The molecule has 0 aliphatic heterocycles. The minimum Gasteiger partial charge on any atom is -0.493 e. The summed E-state index contributed by atoms with van der Waals surface area (Å²) in [5.41, 5.74) is 6.26. The second kappa shape index (κ2) is 6.03. The number of benzene rings is 1. The Balaban J connectivity index is 2.20. The van der Waals surface area contributed by atoms with E-state index in [0.29, 0.717) is 5.76 Å². The first kappa shape index (κ1) is 13.1. The Bertz CT molecular complexity index is 597. The zero-order valence-electron chi connectivity index (χ0n) is 11.1. The Kier molecular flexibility index (Phi) is 4.17. The topological polar surface area (TPSA) is 26.3 Å². The van der Waals surface area contributed by atoms with Gasteiger partial charge in [-0.2, -0.15) is 0 Å². The molecule has 0 saturated carbocycles. The lowest BCUT2D eigenvalue weighted by Gasteiger charge is -2.10. The Hall–Kier alpha value is -2.31. The molecule has 0 saturated heterocycles. The van der Waals surface area contributed by atoms with E-state index < -0.39 is 0 Å². The molecule has 0 N–H and O–H groups in total. The molecule has 0 heterocycles. The minimum atomic E-state index is -0.0893. The van der Waals surface area contributed by atoms with Crippen LogP contribution in [0.3, 0.4) is 0 Å². The average Bonchev–Trinajstić information content (AvgIpc) is 2.42. The van der Waals surface area contributed by atoms with Crippen molar-refractivity contribution in [3.05, 3.63) is 76.8 Å². The number of methoxy groups -OCH3 is 1. The summed E-state index contributed by atoms with van der Waals surface area (Å²) in [6.07, 6.45) is 6.11. The van der Waals surface area contributed by atoms with Crippen LogP contribution in [0.1, 0.15) is 12.5 Å². The number of ketones is 1. The minimum absolute atomic E-state index is 0.0893. The van der Waals surface area contributed by atoms with Crippen molar-refractivity contribution in [2.24, 2.45) is 0 Å². The largest absolute Gasteiger partial charge is 0.493 e. The average molecular weight is 252 g/mol. The van der Waals surface area contributed by atoms with Gasteiger partial charge in [-0.3, -0.25) is 4.79 Å². The van der Waals surface area contributed by atoms with Gasteiger partial charge < -0.3 is 4.74 Å². The summed E-state index contributed by atoms with van der Waals surface area (Å²) in [4.78, 5) is 11.6. The summed E-state index contributed by atoms with van der Waals surface area (Å²) < 4.78 is 5.04. The van der Waals surface area contributed by atoms with Gasteiger partial charge in [-0.05, 0) is 42.7 Å². The molecule has 0 atom stereocenters. The van der Waals surface area contributed by atoms with Gasteiger partial charge in [-0.1, -0.05) is 30.3 Å². The molecule has 0 amide bonds. The van der Waals surface area contributed by atoms with Crippen molar-refractivity contribution < 1.29 is 9.53 Å². The molecule has 0 fully saturated rings. The molecule has 1 aliphatic rings. The zero-order valence-corrected chi connectivity index (χ0v) is 11.1. The van der Waals surface area contributed by atoms with Crippen LogP contribution in [0.5, 0.6) is 0 Å². The van der Waals surface area contributed by atoms with Gasteiger partial charge in [0, 0.05) is 5.57 Å². The lowest BCUT2D eigenvalue weighted by molar-refractivity contribution is -0.114. The van der Waals surface area contributed by atoms with Gasteiger partial charge in [0.1, 0.15) is 0 Å². The second-order valence-electron chi connectivity index (χ2n) is 4.36. The summed E-state index contributed by atoms with van der Waals surface area (Å²) in [7, 11) is 1.50. The van der Waals surface area contributed by atoms with Crippen LogP contribution in [0.25, 0.3) is 0 Å². The van der Waals surface area contributed by atoms with Crippen LogP contribution in [-0.2, 0) is 16.0 Å². The Morgan fingerprint density at radius 2 is 1.95 bits per heavy atom. The van der Waals surface area contributed by atoms with Crippen molar-refractivity contribution in [3.63, 3.8) is 0 Å². The molecule has 0 radical (unpaired) electrons. The highest BCUT2D eigenvalue weighted by Gasteiger charge is 2.14. The molecule has 0 spiro atoms. The van der Waals surface area contributed by atoms with Crippen LogP contribution in [0.15, 0.2) is 71.2 Å². The van der Waals surface area contributed by atoms with E-state index in [4.69, 9.17) is 4.74 Å². The normalized spacial score (nSPS) is 14.4. The third-order valence-corrected chi connectivity index (χ3v) is 2.95. The highest BCUT2D eigenvalue weighted by molar-refractivity contribution is 6.05. The molecule has 0 bridgehead atoms. The predicted octanol–water partition coefficient (Wildman–Crippen LogP) is 3.37. The summed E-state index contributed by atoms with van der Waals surface area (Å²) in [6, 6.07) is 10.2. The third kappa shape index (κ3) is 3.34. The fraction of sp³-hybridized carbons (Fsp3) is 0.176. The van der Waals surface area contributed by atoms with Gasteiger partial charge in [0.25, 0.3) is 0 Å². The van der Waals surface area contributed by atoms with E-state index >= 15 is 0 Å². The molecular weight excluding hydrogens is 236 g/mol. The molecule has 1 aromatic carbocycles. The van der Waals surface area contributed by atoms with E-state index in [-0.39, 0.29) is 5.78 Å². The number of hydrogen-bond donors (Lipinski definition) is 0. The molecule has 0 aromatic heterocycles. The number of allylic oxidation sites excluding steroid dienone is 4. The van der Waals surface area contributed by atoms with Gasteiger partial charge in [0.05, 0.1) is 7.11 Å². The monoisotopic (exact) mass is 252 g/mol. The molecule has 2 nitrogen and oxygen atoms in total. The van der Waals surface area contributed by atoms with E-state index in [1.165, 1.54) is 12.7 Å². The smallest absolute Gasteiger partial charge is 0.220 e. The van der Waals surface area contributed by atoms with E-state index in [0.717, 1.165) is 17.6 Å². The zero-order chi connectivity index (χ0) is 13.7. The van der Waals surface area contributed by atoms with E-state index in [1.54, 1.807) is 12.2 Å². The maximum atomic E-state index is 11.6. The molecule has 1 aliphatic carbocycles. The first-order chi connectivity index (χ1) is 9.20. The van der Waals surface area contributed by atoms with Gasteiger partial charge in [-0.15, -0.1) is 5.73 Å².